The van der Waals surface area contributed by atoms with Gasteiger partial charge in [-0.05, 0) is 20.4 Å². The van der Waals surface area contributed by atoms with Crippen LogP contribution in [0.2, 0.25) is 0 Å². The maximum Gasteiger partial charge on any atom is 0.0169 e. The van der Waals surface area contributed by atoms with E-state index >= 15 is 0 Å². The van der Waals surface area contributed by atoms with Gasteiger partial charge in [0.25, 0.3) is 0 Å². The van der Waals surface area contributed by atoms with Crippen LogP contribution >= 0.6 is 0 Å². The Morgan fingerprint density at radius 3 is 2.20 bits per heavy atom. The minimum atomic E-state index is 0.670. The third-order valence-electron chi connectivity index (χ3n) is 2.08. The largest absolute Gasteiger partial charge is 0.309 e. The zero-order valence-electron chi connectivity index (χ0n) is 7.22. The lowest BCUT2D eigenvalue weighted by atomic mass is 10.1. The molecule has 1 heterocycles. The number of piperazine rings is 1. The molecule has 0 saturated carbocycles. The Morgan fingerprint density at radius 2 is 1.80 bits per heavy atom. The third-order valence-corrected chi connectivity index (χ3v) is 2.08. The van der Waals surface area contributed by atoms with E-state index in [4.69, 9.17) is 0 Å². The van der Waals surface area contributed by atoms with Crippen molar-refractivity contribution in [1.82, 2.24) is 10.2 Å². The minimum Gasteiger partial charge on any atom is -0.309 e. The second kappa shape index (κ2) is 3.35. The first-order valence-corrected chi connectivity index (χ1v) is 4.20. The van der Waals surface area contributed by atoms with Crippen molar-refractivity contribution in [1.29, 1.82) is 0 Å². The van der Waals surface area contributed by atoms with Crippen LogP contribution in [-0.4, -0.2) is 36.6 Å². The molecule has 0 aromatic heterocycles. The van der Waals surface area contributed by atoms with Gasteiger partial charge in [-0.2, -0.15) is 0 Å². The molecular formula is C8H18N2. The molecule has 10 heavy (non-hydrogen) atoms. The number of hydrogen-bond donors (Lipinski definition) is 1. The van der Waals surface area contributed by atoms with Crippen molar-refractivity contribution in [3.8, 4) is 0 Å². The lowest BCUT2D eigenvalue weighted by Crippen LogP contribution is -2.53. The summed E-state index contributed by atoms with van der Waals surface area (Å²) < 4.78 is 0. The van der Waals surface area contributed by atoms with E-state index in [2.05, 4.69) is 31.0 Å². The van der Waals surface area contributed by atoms with Gasteiger partial charge in [-0.3, -0.25) is 0 Å². The van der Waals surface area contributed by atoms with Crippen molar-refractivity contribution in [2.75, 3.05) is 19.6 Å². The SMILES string of the molecule is CCN1CC(C)NC(C)C1. The van der Waals surface area contributed by atoms with Crippen molar-refractivity contribution < 1.29 is 0 Å². The maximum atomic E-state index is 3.50. The first-order chi connectivity index (χ1) is 4.72. The lowest BCUT2D eigenvalue weighted by Gasteiger charge is -2.35. The molecule has 1 rings (SSSR count). The van der Waals surface area contributed by atoms with Crippen LogP contribution in [0.15, 0.2) is 0 Å². The maximum absolute atomic E-state index is 3.50. The van der Waals surface area contributed by atoms with Gasteiger partial charge in [-0.1, -0.05) is 6.92 Å². The second-order valence-corrected chi connectivity index (χ2v) is 3.32. The predicted molar refractivity (Wildman–Crippen MR) is 44.2 cm³/mol. The Balaban J connectivity index is 2.35. The van der Waals surface area contributed by atoms with Crippen LogP contribution in [0.25, 0.3) is 0 Å². The summed E-state index contributed by atoms with van der Waals surface area (Å²) in [6.45, 7) is 10.3. The molecule has 60 valence electrons. The first-order valence-electron chi connectivity index (χ1n) is 4.20. The highest BCUT2D eigenvalue weighted by atomic mass is 15.2. The van der Waals surface area contributed by atoms with Crippen LogP contribution in [0.5, 0.6) is 0 Å². The fourth-order valence-corrected chi connectivity index (χ4v) is 1.70. The summed E-state index contributed by atoms with van der Waals surface area (Å²) in [5.74, 6) is 0. The first kappa shape index (κ1) is 8.02. The Kier molecular flexibility index (Phi) is 2.69. The number of hydrogen-bond acceptors (Lipinski definition) is 2. The van der Waals surface area contributed by atoms with Crippen molar-refractivity contribution in [3.05, 3.63) is 0 Å². The number of nitrogens with zero attached hydrogens (tertiary/aromatic N) is 1. The van der Waals surface area contributed by atoms with Gasteiger partial charge in [0.15, 0.2) is 0 Å². The number of nitrogens with one attached hydrogen (secondary N) is 1. The van der Waals surface area contributed by atoms with Crippen LogP contribution in [0, 0.1) is 0 Å². The Hall–Kier alpha value is -0.0800. The zero-order chi connectivity index (χ0) is 7.56. The van der Waals surface area contributed by atoms with Gasteiger partial charge in [0.05, 0.1) is 0 Å². The summed E-state index contributed by atoms with van der Waals surface area (Å²) >= 11 is 0. The minimum absolute atomic E-state index is 0.670. The fraction of sp³-hybridized carbons (Fsp3) is 1.00. The van der Waals surface area contributed by atoms with E-state index in [-0.39, 0.29) is 0 Å². The quantitative estimate of drug-likeness (QED) is 0.579. The van der Waals surface area contributed by atoms with E-state index in [0.717, 1.165) is 0 Å². The Bertz CT molecular complexity index is 93.4. The van der Waals surface area contributed by atoms with E-state index in [1.807, 2.05) is 0 Å². The van der Waals surface area contributed by atoms with Crippen LogP contribution in [-0.2, 0) is 0 Å². The Labute approximate surface area is 63.6 Å². The van der Waals surface area contributed by atoms with Crippen LogP contribution < -0.4 is 5.32 Å². The van der Waals surface area contributed by atoms with Crippen molar-refractivity contribution in [2.45, 2.75) is 32.9 Å². The molecule has 1 N–H and O–H groups in total. The highest BCUT2D eigenvalue weighted by Crippen LogP contribution is 2.02. The molecule has 0 bridgehead atoms. The summed E-state index contributed by atoms with van der Waals surface area (Å²) in [5, 5.41) is 3.50. The zero-order valence-corrected chi connectivity index (χ0v) is 7.22. The van der Waals surface area contributed by atoms with Gasteiger partial charge >= 0.3 is 0 Å². The van der Waals surface area contributed by atoms with Gasteiger partial charge in [-0.25, -0.2) is 0 Å². The summed E-state index contributed by atoms with van der Waals surface area (Å²) in [5.41, 5.74) is 0. The average molecular weight is 142 g/mol. The molecule has 0 aromatic carbocycles. The molecule has 1 aliphatic heterocycles. The molecule has 0 aromatic rings. The van der Waals surface area contributed by atoms with Crippen molar-refractivity contribution in [3.63, 3.8) is 0 Å². The summed E-state index contributed by atoms with van der Waals surface area (Å²) in [6, 6.07) is 1.34. The van der Waals surface area contributed by atoms with E-state index in [9.17, 15) is 0 Å². The molecule has 1 saturated heterocycles. The van der Waals surface area contributed by atoms with Crippen LogP contribution in [0.4, 0.5) is 0 Å². The fourth-order valence-electron chi connectivity index (χ4n) is 1.70. The number of likely N-dealkylation sites (N-methyl/N-ethyl adjacent to an activating group) is 1. The summed E-state index contributed by atoms with van der Waals surface area (Å²) in [6.07, 6.45) is 0. The molecule has 0 aliphatic carbocycles. The second-order valence-electron chi connectivity index (χ2n) is 3.32. The molecule has 2 nitrogen and oxygen atoms in total. The summed E-state index contributed by atoms with van der Waals surface area (Å²) in [7, 11) is 0. The standard InChI is InChI=1S/C8H18N2/c1-4-10-5-7(2)9-8(3)6-10/h7-9H,4-6H2,1-3H3. The third kappa shape index (κ3) is 1.96. The normalized spacial score (nSPS) is 36.3. The lowest BCUT2D eigenvalue weighted by molar-refractivity contribution is 0.181. The molecule has 2 unspecified atom stereocenters. The molecule has 1 aliphatic rings. The molecule has 2 atom stereocenters. The van der Waals surface area contributed by atoms with Gasteiger partial charge < -0.3 is 10.2 Å². The summed E-state index contributed by atoms with van der Waals surface area (Å²) in [4.78, 5) is 2.49. The monoisotopic (exact) mass is 142 g/mol. The van der Waals surface area contributed by atoms with Gasteiger partial charge in [-0.15, -0.1) is 0 Å². The van der Waals surface area contributed by atoms with Crippen molar-refractivity contribution in [2.24, 2.45) is 0 Å². The van der Waals surface area contributed by atoms with Crippen LogP contribution in [0.1, 0.15) is 20.8 Å². The molecule has 0 spiro atoms. The van der Waals surface area contributed by atoms with Crippen LogP contribution in [0.3, 0.4) is 0 Å². The topological polar surface area (TPSA) is 15.3 Å². The van der Waals surface area contributed by atoms with Crippen molar-refractivity contribution >= 4 is 0 Å². The van der Waals surface area contributed by atoms with E-state index in [1.165, 1.54) is 19.6 Å². The van der Waals surface area contributed by atoms with Gasteiger partial charge in [0, 0.05) is 25.2 Å². The van der Waals surface area contributed by atoms with Gasteiger partial charge in [0.1, 0.15) is 0 Å². The average Bonchev–Trinajstić information content (AvgIpc) is 1.85. The molecule has 0 radical (unpaired) electrons. The molecule has 0 amide bonds. The molecular weight excluding hydrogens is 124 g/mol. The molecule has 2 heteroatoms. The van der Waals surface area contributed by atoms with E-state index in [0.29, 0.717) is 12.1 Å². The molecule has 1 fully saturated rings. The van der Waals surface area contributed by atoms with E-state index < -0.39 is 0 Å². The Morgan fingerprint density at radius 1 is 1.30 bits per heavy atom. The smallest absolute Gasteiger partial charge is 0.0169 e. The number of rotatable bonds is 1. The highest BCUT2D eigenvalue weighted by Gasteiger charge is 2.18. The van der Waals surface area contributed by atoms with Gasteiger partial charge in [0.2, 0.25) is 0 Å². The predicted octanol–water partition coefficient (Wildman–Crippen LogP) is 0.689. The highest BCUT2D eigenvalue weighted by molar-refractivity contribution is 4.79. The van der Waals surface area contributed by atoms with E-state index in [1.54, 1.807) is 0 Å².